The zero-order valence-corrected chi connectivity index (χ0v) is 15.6. The number of hydrogen-bond donors (Lipinski definition) is 2. The van der Waals surface area contributed by atoms with Gasteiger partial charge in [-0.2, -0.15) is 0 Å². The first-order valence-corrected chi connectivity index (χ1v) is 9.47. The Hall–Kier alpha value is -2.80. The summed E-state index contributed by atoms with van der Waals surface area (Å²) < 4.78 is 5.04. The highest BCUT2D eigenvalue weighted by Crippen LogP contribution is 2.36. The molecule has 0 aromatic heterocycles. The Bertz CT molecular complexity index is 841. The maximum Gasteiger partial charge on any atom is 0.307 e. The molecule has 2 amide bonds. The molecule has 2 atom stereocenters. The lowest BCUT2D eigenvalue weighted by atomic mass is 10.1. The van der Waals surface area contributed by atoms with Gasteiger partial charge >= 0.3 is 5.97 Å². The summed E-state index contributed by atoms with van der Waals surface area (Å²) >= 11 is 1.32. The predicted octanol–water partition coefficient (Wildman–Crippen LogP) is 2.91. The average molecular weight is 384 g/mol. The van der Waals surface area contributed by atoms with Crippen LogP contribution in [0.25, 0.3) is 0 Å². The van der Waals surface area contributed by atoms with E-state index in [-0.39, 0.29) is 30.9 Å². The number of fused-ring (bicyclic) bond motifs is 1. The van der Waals surface area contributed by atoms with E-state index in [0.29, 0.717) is 0 Å². The van der Waals surface area contributed by atoms with Crippen LogP contribution in [-0.2, 0) is 19.1 Å². The second-order valence-electron chi connectivity index (χ2n) is 6.16. The molecular weight excluding hydrogens is 364 g/mol. The van der Waals surface area contributed by atoms with Crippen LogP contribution in [0.4, 0.5) is 5.69 Å². The SMILES string of the molecule is C[C@@H](NC(=O)COC(=O)C[C@@H]1Sc2ccccc2NC1=O)c1ccccc1. The van der Waals surface area contributed by atoms with E-state index in [9.17, 15) is 14.4 Å². The smallest absolute Gasteiger partial charge is 0.307 e. The minimum atomic E-state index is -0.579. The summed E-state index contributed by atoms with van der Waals surface area (Å²) in [6.07, 6.45) is -0.0909. The molecule has 1 aliphatic rings. The van der Waals surface area contributed by atoms with E-state index < -0.39 is 11.2 Å². The Balaban J connectivity index is 1.46. The molecule has 2 N–H and O–H groups in total. The zero-order chi connectivity index (χ0) is 19.2. The second kappa shape index (κ2) is 8.73. The van der Waals surface area contributed by atoms with Crippen molar-refractivity contribution in [2.24, 2.45) is 0 Å². The molecule has 0 fully saturated rings. The van der Waals surface area contributed by atoms with Crippen LogP contribution in [0.1, 0.15) is 24.9 Å². The topological polar surface area (TPSA) is 84.5 Å². The Morgan fingerprint density at radius 3 is 2.63 bits per heavy atom. The molecule has 140 valence electrons. The third-order valence-corrected chi connectivity index (χ3v) is 5.38. The van der Waals surface area contributed by atoms with Gasteiger partial charge in [-0.15, -0.1) is 11.8 Å². The van der Waals surface area contributed by atoms with Crippen LogP contribution in [0.3, 0.4) is 0 Å². The molecule has 2 aromatic rings. The number of anilines is 1. The molecule has 0 aliphatic carbocycles. The average Bonchev–Trinajstić information content (AvgIpc) is 2.67. The van der Waals surface area contributed by atoms with Crippen molar-refractivity contribution in [3.05, 3.63) is 60.2 Å². The quantitative estimate of drug-likeness (QED) is 0.748. The zero-order valence-electron chi connectivity index (χ0n) is 14.8. The van der Waals surface area contributed by atoms with Crippen molar-refractivity contribution in [1.29, 1.82) is 0 Å². The van der Waals surface area contributed by atoms with Gasteiger partial charge < -0.3 is 15.4 Å². The monoisotopic (exact) mass is 384 g/mol. The first kappa shape index (κ1) is 19.0. The number of benzene rings is 2. The third kappa shape index (κ3) is 5.10. The molecule has 7 heteroatoms. The maximum absolute atomic E-state index is 12.1. The lowest BCUT2D eigenvalue weighted by Crippen LogP contribution is -2.34. The summed E-state index contributed by atoms with van der Waals surface area (Å²) in [5.41, 5.74) is 1.71. The van der Waals surface area contributed by atoms with Gasteiger partial charge in [0.2, 0.25) is 5.91 Å². The normalized spacial score (nSPS) is 16.6. The van der Waals surface area contributed by atoms with Gasteiger partial charge in [0.15, 0.2) is 6.61 Å². The molecule has 27 heavy (non-hydrogen) atoms. The number of carbonyl (C=O) groups is 3. The van der Waals surface area contributed by atoms with Gasteiger partial charge in [0, 0.05) is 4.90 Å². The largest absolute Gasteiger partial charge is 0.456 e. The number of carbonyl (C=O) groups excluding carboxylic acids is 3. The lowest BCUT2D eigenvalue weighted by molar-refractivity contribution is -0.149. The summed E-state index contributed by atoms with van der Waals surface area (Å²) in [6, 6.07) is 16.7. The van der Waals surface area contributed by atoms with Crippen LogP contribution in [0.15, 0.2) is 59.5 Å². The van der Waals surface area contributed by atoms with Gasteiger partial charge in [0.1, 0.15) is 0 Å². The molecule has 1 aliphatic heterocycles. The molecule has 0 spiro atoms. The van der Waals surface area contributed by atoms with Crippen molar-refractivity contribution >= 4 is 35.2 Å². The standard InChI is InChI=1S/C20H20N2O4S/c1-13(14-7-3-2-4-8-14)21-18(23)12-26-19(24)11-17-20(25)22-15-9-5-6-10-16(15)27-17/h2-10,13,17H,11-12H2,1H3,(H,21,23)(H,22,25)/t13-,17+/m1/s1. The first-order chi connectivity index (χ1) is 13.0. The predicted molar refractivity (Wildman–Crippen MR) is 103 cm³/mol. The summed E-state index contributed by atoms with van der Waals surface area (Å²) in [5, 5.41) is 4.98. The number of para-hydroxylation sites is 1. The van der Waals surface area contributed by atoms with Gasteiger partial charge in [0.25, 0.3) is 5.91 Å². The highest BCUT2D eigenvalue weighted by molar-refractivity contribution is 8.01. The van der Waals surface area contributed by atoms with Crippen molar-refractivity contribution < 1.29 is 19.1 Å². The number of rotatable bonds is 6. The molecule has 0 bridgehead atoms. The van der Waals surface area contributed by atoms with Gasteiger partial charge in [0.05, 0.1) is 23.4 Å². The van der Waals surface area contributed by atoms with Crippen LogP contribution in [0.5, 0.6) is 0 Å². The van der Waals surface area contributed by atoms with Crippen molar-refractivity contribution in [3.63, 3.8) is 0 Å². The van der Waals surface area contributed by atoms with Crippen LogP contribution in [-0.4, -0.2) is 29.6 Å². The van der Waals surface area contributed by atoms with E-state index in [1.165, 1.54) is 11.8 Å². The molecule has 3 rings (SSSR count). The minimum absolute atomic E-state index is 0.0909. The van der Waals surface area contributed by atoms with Crippen molar-refractivity contribution in [2.45, 2.75) is 29.5 Å². The molecule has 0 saturated carbocycles. The van der Waals surface area contributed by atoms with Gasteiger partial charge in [-0.25, -0.2) is 0 Å². The fraction of sp³-hybridized carbons (Fsp3) is 0.250. The first-order valence-electron chi connectivity index (χ1n) is 8.59. The Morgan fingerprint density at radius 2 is 1.85 bits per heavy atom. The van der Waals surface area contributed by atoms with Crippen LogP contribution in [0, 0.1) is 0 Å². The van der Waals surface area contributed by atoms with E-state index in [1.807, 2.05) is 61.5 Å². The van der Waals surface area contributed by atoms with E-state index in [2.05, 4.69) is 10.6 Å². The fourth-order valence-corrected chi connectivity index (χ4v) is 3.79. The van der Waals surface area contributed by atoms with Crippen LogP contribution >= 0.6 is 11.8 Å². The van der Waals surface area contributed by atoms with Gasteiger partial charge in [-0.3, -0.25) is 14.4 Å². The molecule has 1 heterocycles. The summed E-state index contributed by atoms with van der Waals surface area (Å²) in [5.74, 6) is -1.20. The minimum Gasteiger partial charge on any atom is -0.456 e. The highest BCUT2D eigenvalue weighted by Gasteiger charge is 2.29. The highest BCUT2D eigenvalue weighted by atomic mass is 32.2. The second-order valence-corrected chi connectivity index (χ2v) is 7.40. The van der Waals surface area contributed by atoms with Crippen molar-refractivity contribution in [2.75, 3.05) is 11.9 Å². The van der Waals surface area contributed by atoms with Gasteiger partial charge in [-0.05, 0) is 24.6 Å². The molecule has 0 saturated heterocycles. The van der Waals surface area contributed by atoms with Crippen molar-refractivity contribution in [1.82, 2.24) is 5.32 Å². The number of thioether (sulfide) groups is 1. The van der Waals surface area contributed by atoms with E-state index in [4.69, 9.17) is 4.74 Å². The molecule has 0 unspecified atom stereocenters. The molecule has 0 radical (unpaired) electrons. The Kier molecular flexibility index (Phi) is 6.13. The Labute approximate surface area is 161 Å². The number of amides is 2. The summed E-state index contributed by atoms with van der Waals surface area (Å²) in [6.45, 7) is 1.49. The van der Waals surface area contributed by atoms with E-state index in [0.717, 1.165) is 16.1 Å². The fourth-order valence-electron chi connectivity index (χ4n) is 2.69. The molecule has 6 nitrogen and oxygen atoms in total. The number of nitrogens with one attached hydrogen (secondary N) is 2. The van der Waals surface area contributed by atoms with E-state index >= 15 is 0 Å². The lowest BCUT2D eigenvalue weighted by Gasteiger charge is -2.23. The Morgan fingerprint density at radius 1 is 1.15 bits per heavy atom. The summed E-state index contributed by atoms with van der Waals surface area (Å²) in [4.78, 5) is 37.0. The number of esters is 1. The molecular formula is C20H20N2O4S. The summed E-state index contributed by atoms with van der Waals surface area (Å²) in [7, 11) is 0. The maximum atomic E-state index is 12.1. The number of hydrogen-bond acceptors (Lipinski definition) is 5. The van der Waals surface area contributed by atoms with Crippen LogP contribution in [0.2, 0.25) is 0 Å². The molecule has 2 aromatic carbocycles. The van der Waals surface area contributed by atoms with Gasteiger partial charge in [-0.1, -0.05) is 42.5 Å². The number of ether oxygens (including phenoxy) is 1. The van der Waals surface area contributed by atoms with E-state index in [1.54, 1.807) is 0 Å². The third-order valence-electron chi connectivity index (χ3n) is 4.10. The van der Waals surface area contributed by atoms with Crippen molar-refractivity contribution in [3.8, 4) is 0 Å². The van der Waals surface area contributed by atoms with Crippen LogP contribution < -0.4 is 10.6 Å².